The minimum absolute atomic E-state index is 0.0453. The Morgan fingerprint density at radius 2 is 2.00 bits per heavy atom. The number of nitrogens with zero attached hydrogens (tertiary/aromatic N) is 3. The fourth-order valence-electron chi connectivity index (χ4n) is 2.95. The van der Waals surface area contributed by atoms with E-state index in [0.29, 0.717) is 0 Å². The third-order valence-electron chi connectivity index (χ3n) is 4.18. The standard InChI is InChI=1S/C19H12FN3O4S/c20-14-3-1-2-13-17(14)23(9-16(18(13)24)27-19(25)26)8-11-4-6-12(7-5-11)15-10-28-22-21-15/h1-7,9-10H,8H2,(H,25,26). The Labute approximate surface area is 161 Å². The van der Waals surface area contributed by atoms with Crippen LogP contribution >= 0.6 is 11.5 Å². The number of carboxylic acid groups (broad SMARTS) is 1. The minimum atomic E-state index is -1.61. The molecule has 0 aliphatic rings. The summed E-state index contributed by atoms with van der Waals surface area (Å²) in [5, 5.41) is 14.7. The summed E-state index contributed by atoms with van der Waals surface area (Å²) in [7, 11) is 0. The lowest BCUT2D eigenvalue weighted by molar-refractivity contribution is 0.144. The largest absolute Gasteiger partial charge is 0.511 e. The van der Waals surface area contributed by atoms with E-state index in [1.807, 2.05) is 29.6 Å². The molecule has 0 saturated heterocycles. The predicted octanol–water partition coefficient (Wildman–Crippen LogP) is 3.76. The molecular formula is C19H12FN3O4S. The summed E-state index contributed by atoms with van der Waals surface area (Å²) in [5.41, 5.74) is 1.87. The molecule has 9 heteroatoms. The van der Waals surface area contributed by atoms with Crippen molar-refractivity contribution in [3.05, 3.63) is 75.6 Å². The molecule has 2 heterocycles. The van der Waals surface area contributed by atoms with Gasteiger partial charge < -0.3 is 14.4 Å². The number of ether oxygens (including phenoxy) is 1. The van der Waals surface area contributed by atoms with E-state index < -0.39 is 17.4 Å². The van der Waals surface area contributed by atoms with Crippen LogP contribution in [0.3, 0.4) is 0 Å². The van der Waals surface area contributed by atoms with Crippen molar-refractivity contribution in [3.8, 4) is 17.0 Å². The fourth-order valence-corrected chi connectivity index (χ4v) is 3.41. The normalized spacial score (nSPS) is 10.9. The monoisotopic (exact) mass is 397 g/mol. The first-order chi connectivity index (χ1) is 13.5. The van der Waals surface area contributed by atoms with Crippen LogP contribution in [0.4, 0.5) is 9.18 Å². The van der Waals surface area contributed by atoms with Crippen molar-refractivity contribution in [1.29, 1.82) is 0 Å². The molecule has 4 aromatic rings. The summed E-state index contributed by atoms with van der Waals surface area (Å²) in [6.07, 6.45) is -0.402. The van der Waals surface area contributed by atoms with Crippen LogP contribution in [0.5, 0.6) is 5.75 Å². The van der Waals surface area contributed by atoms with Gasteiger partial charge in [0.2, 0.25) is 5.43 Å². The fraction of sp³-hybridized carbons (Fsp3) is 0.0526. The van der Waals surface area contributed by atoms with E-state index in [4.69, 9.17) is 5.11 Å². The molecule has 2 aromatic heterocycles. The molecule has 0 saturated carbocycles. The van der Waals surface area contributed by atoms with Gasteiger partial charge in [-0.25, -0.2) is 9.18 Å². The Kier molecular flexibility index (Phi) is 4.58. The lowest BCUT2D eigenvalue weighted by Crippen LogP contribution is -2.17. The maximum absolute atomic E-state index is 14.4. The molecule has 4 rings (SSSR count). The molecule has 7 nitrogen and oxygen atoms in total. The van der Waals surface area contributed by atoms with Gasteiger partial charge in [0, 0.05) is 17.5 Å². The summed E-state index contributed by atoms with van der Waals surface area (Å²) >= 11 is 1.25. The number of para-hydroxylation sites is 1. The van der Waals surface area contributed by atoms with E-state index in [0.717, 1.165) is 16.8 Å². The number of carbonyl (C=O) groups is 1. The molecule has 140 valence electrons. The zero-order chi connectivity index (χ0) is 19.7. The molecule has 0 fully saturated rings. The second kappa shape index (κ2) is 7.20. The molecule has 0 unspecified atom stereocenters. The molecule has 28 heavy (non-hydrogen) atoms. The molecule has 0 aliphatic carbocycles. The summed E-state index contributed by atoms with van der Waals surface area (Å²) in [6, 6.07) is 11.5. The molecule has 2 aromatic carbocycles. The van der Waals surface area contributed by atoms with Crippen LogP contribution in [0.1, 0.15) is 5.56 Å². The molecule has 0 atom stereocenters. The molecule has 1 N–H and O–H groups in total. The quantitative estimate of drug-likeness (QED) is 0.527. The number of hydrogen-bond donors (Lipinski definition) is 1. The third kappa shape index (κ3) is 3.35. The lowest BCUT2D eigenvalue weighted by Gasteiger charge is -2.14. The number of halogens is 1. The van der Waals surface area contributed by atoms with Crippen molar-refractivity contribution in [2.45, 2.75) is 6.54 Å². The zero-order valence-electron chi connectivity index (χ0n) is 14.2. The Morgan fingerprint density at radius 1 is 1.21 bits per heavy atom. The van der Waals surface area contributed by atoms with Gasteiger partial charge in [0.1, 0.15) is 11.5 Å². The van der Waals surface area contributed by atoms with E-state index in [1.54, 1.807) is 0 Å². The number of benzene rings is 2. The van der Waals surface area contributed by atoms with E-state index in [9.17, 15) is 14.0 Å². The number of hydrogen-bond acceptors (Lipinski definition) is 6. The van der Waals surface area contributed by atoms with Gasteiger partial charge in [0.25, 0.3) is 0 Å². The first-order valence-electron chi connectivity index (χ1n) is 8.12. The van der Waals surface area contributed by atoms with Crippen molar-refractivity contribution in [2.24, 2.45) is 0 Å². The van der Waals surface area contributed by atoms with E-state index in [-0.39, 0.29) is 23.2 Å². The molecule has 0 bridgehead atoms. The van der Waals surface area contributed by atoms with Crippen molar-refractivity contribution < 1.29 is 19.0 Å². The second-order valence-electron chi connectivity index (χ2n) is 5.94. The highest BCUT2D eigenvalue weighted by atomic mass is 32.1. The van der Waals surface area contributed by atoms with Crippen LogP contribution in [0.25, 0.3) is 22.2 Å². The topological polar surface area (TPSA) is 94.3 Å². The van der Waals surface area contributed by atoms with E-state index in [1.165, 1.54) is 40.5 Å². The van der Waals surface area contributed by atoms with Crippen LogP contribution in [0.15, 0.2) is 58.8 Å². The summed E-state index contributed by atoms with van der Waals surface area (Å²) < 4.78 is 24.3. The summed E-state index contributed by atoms with van der Waals surface area (Å²) in [5.74, 6) is -0.961. The van der Waals surface area contributed by atoms with Gasteiger partial charge in [0.05, 0.1) is 17.1 Å². The first-order valence-corrected chi connectivity index (χ1v) is 8.95. The smallest absolute Gasteiger partial charge is 0.449 e. The average molecular weight is 397 g/mol. The highest BCUT2D eigenvalue weighted by Gasteiger charge is 2.16. The van der Waals surface area contributed by atoms with Crippen molar-refractivity contribution in [3.63, 3.8) is 0 Å². The zero-order valence-corrected chi connectivity index (χ0v) is 15.0. The number of fused-ring (bicyclic) bond motifs is 1. The SMILES string of the molecule is O=C(O)Oc1cn(Cc2ccc(-c3csnn3)cc2)c2c(F)cccc2c1=O. The van der Waals surface area contributed by atoms with Crippen molar-refractivity contribution in [2.75, 3.05) is 0 Å². The van der Waals surface area contributed by atoms with Gasteiger partial charge in [-0.3, -0.25) is 4.79 Å². The van der Waals surface area contributed by atoms with Gasteiger partial charge >= 0.3 is 6.16 Å². The van der Waals surface area contributed by atoms with Gasteiger partial charge in [-0.15, -0.1) is 5.10 Å². The lowest BCUT2D eigenvalue weighted by atomic mass is 10.1. The highest BCUT2D eigenvalue weighted by Crippen LogP contribution is 2.22. The van der Waals surface area contributed by atoms with Crippen LogP contribution in [0, 0.1) is 5.82 Å². The average Bonchev–Trinajstić information content (AvgIpc) is 3.20. The van der Waals surface area contributed by atoms with Gasteiger partial charge in [0.15, 0.2) is 5.75 Å². The molecule has 0 spiro atoms. The van der Waals surface area contributed by atoms with Crippen LogP contribution in [-0.2, 0) is 6.54 Å². The molecule has 0 radical (unpaired) electrons. The maximum Gasteiger partial charge on any atom is 0.511 e. The highest BCUT2D eigenvalue weighted by molar-refractivity contribution is 7.03. The van der Waals surface area contributed by atoms with E-state index in [2.05, 4.69) is 14.3 Å². The molecular weight excluding hydrogens is 385 g/mol. The Hall–Kier alpha value is -3.59. The maximum atomic E-state index is 14.4. The minimum Gasteiger partial charge on any atom is -0.449 e. The van der Waals surface area contributed by atoms with Crippen molar-refractivity contribution in [1.82, 2.24) is 14.2 Å². The van der Waals surface area contributed by atoms with Crippen LogP contribution in [0.2, 0.25) is 0 Å². The number of rotatable bonds is 4. The predicted molar refractivity (Wildman–Crippen MR) is 101 cm³/mol. The Bertz CT molecular complexity index is 1220. The molecule has 0 aliphatic heterocycles. The van der Waals surface area contributed by atoms with Gasteiger partial charge in [-0.05, 0) is 29.2 Å². The first kappa shape index (κ1) is 17.8. The van der Waals surface area contributed by atoms with Crippen LogP contribution < -0.4 is 10.2 Å². The molecule has 0 amide bonds. The van der Waals surface area contributed by atoms with Gasteiger partial charge in [-0.1, -0.05) is 34.8 Å². The van der Waals surface area contributed by atoms with Crippen molar-refractivity contribution >= 4 is 28.6 Å². The Balaban J connectivity index is 1.78. The summed E-state index contributed by atoms with van der Waals surface area (Å²) in [6.45, 7) is 0.212. The third-order valence-corrected chi connectivity index (χ3v) is 4.68. The van der Waals surface area contributed by atoms with Crippen LogP contribution in [-0.4, -0.2) is 25.4 Å². The Morgan fingerprint density at radius 3 is 2.68 bits per heavy atom. The summed E-state index contributed by atoms with van der Waals surface area (Å²) in [4.78, 5) is 23.3. The number of pyridine rings is 1. The second-order valence-corrected chi connectivity index (χ2v) is 6.55. The van der Waals surface area contributed by atoms with E-state index >= 15 is 0 Å². The number of aromatic nitrogens is 3. The van der Waals surface area contributed by atoms with Gasteiger partial charge in [-0.2, -0.15) is 0 Å².